The Kier molecular flexibility index (Phi) is 9.68. The van der Waals surface area contributed by atoms with Crippen LogP contribution in [0.3, 0.4) is 0 Å². The van der Waals surface area contributed by atoms with Crippen LogP contribution in [0.2, 0.25) is 0 Å². The number of rotatable bonds is 12. The first kappa shape index (κ1) is 22.6. The average molecular weight is 378 g/mol. The van der Waals surface area contributed by atoms with Crippen LogP contribution in [0, 0.1) is 0 Å². The van der Waals surface area contributed by atoms with E-state index in [0.29, 0.717) is 13.2 Å². The zero-order valence-electron chi connectivity index (χ0n) is 12.6. The van der Waals surface area contributed by atoms with Crippen LogP contribution < -0.4 is 10.2 Å². The van der Waals surface area contributed by atoms with E-state index in [1.807, 2.05) is 0 Å². The Morgan fingerprint density at radius 1 is 1.22 bits per heavy atom. The van der Waals surface area contributed by atoms with E-state index in [0.717, 1.165) is 0 Å². The molecule has 0 bridgehead atoms. The number of amides is 1. The largest absolute Gasteiger partial charge is 0.776 e. The minimum absolute atomic E-state index is 0.0342. The summed E-state index contributed by atoms with van der Waals surface area (Å²) >= 11 is 0. The Hall–Kier alpha value is -0.350. The molecule has 0 aromatic carbocycles. The lowest BCUT2D eigenvalue weighted by Crippen LogP contribution is -2.35. The smallest absolute Gasteiger partial charge is 0.365 e. The molecule has 0 rings (SSSR count). The van der Waals surface area contributed by atoms with E-state index in [1.165, 1.54) is 7.11 Å². The molecule has 0 fully saturated rings. The second-order valence-electron chi connectivity index (χ2n) is 4.65. The minimum atomic E-state index is -5.70. The number of aliphatic hydroxyl groups is 1. The maximum Gasteiger partial charge on any atom is 0.365 e. The van der Waals surface area contributed by atoms with Crippen molar-refractivity contribution in [1.82, 2.24) is 5.32 Å². The molecule has 5 N–H and O–H groups in total. The highest BCUT2D eigenvalue weighted by atomic mass is 31.2. The fourth-order valence-electron chi connectivity index (χ4n) is 1.50. The highest BCUT2D eigenvalue weighted by molar-refractivity contribution is 7.71. The van der Waals surface area contributed by atoms with Gasteiger partial charge in [-0.25, -0.2) is 0 Å². The van der Waals surface area contributed by atoms with E-state index in [-0.39, 0.29) is 26.0 Å². The van der Waals surface area contributed by atoms with Crippen molar-refractivity contribution in [2.24, 2.45) is 0 Å². The van der Waals surface area contributed by atoms with Gasteiger partial charge in [0.15, 0.2) is 7.60 Å². The van der Waals surface area contributed by atoms with Crippen LogP contribution >= 0.6 is 15.2 Å². The van der Waals surface area contributed by atoms with E-state index in [1.54, 1.807) is 0 Å². The summed E-state index contributed by atoms with van der Waals surface area (Å²) in [6, 6.07) is 0. The maximum atomic E-state index is 11.4. The van der Waals surface area contributed by atoms with Crippen molar-refractivity contribution >= 4 is 21.1 Å². The van der Waals surface area contributed by atoms with Crippen molar-refractivity contribution < 1.29 is 48.1 Å². The lowest BCUT2D eigenvalue weighted by molar-refractivity contribution is -0.206. The number of hydrogen-bond donors (Lipinski definition) is 5. The van der Waals surface area contributed by atoms with Gasteiger partial charge in [-0.05, 0) is 12.8 Å². The summed E-state index contributed by atoms with van der Waals surface area (Å²) in [5.74, 6) is -0.420. The van der Waals surface area contributed by atoms with Gasteiger partial charge in [0.2, 0.25) is 11.0 Å². The fraction of sp³-hybridized carbons (Fsp3) is 0.900. The Bertz CT molecular complexity index is 437. The molecule has 0 aliphatic rings. The molecule has 138 valence electrons. The van der Waals surface area contributed by atoms with Crippen LogP contribution in [0.1, 0.15) is 19.3 Å². The standard InChI is InChI=1S/C10H23NO10P2/c1-20-7-8-21-6-3-9(12)11-5-2-4-10(13,22(14,15)16)23(17,18)19/h13H,2-8H2,1H3,(H,11,12)(H2,14,15,16)(H2,17,18,19)/p-1. The van der Waals surface area contributed by atoms with E-state index in [9.17, 15) is 23.9 Å². The van der Waals surface area contributed by atoms with E-state index < -0.39 is 32.6 Å². The zero-order valence-corrected chi connectivity index (χ0v) is 14.4. The van der Waals surface area contributed by atoms with Crippen molar-refractivity contribution in [3.63, 3.8) is 0 Å². The molecule has 0 heterocycles. The first-order chi connectivity index (χ1) is 10.5. The Labute approximate surface area is 133 Å². The molecule has 2 unspecified atom stereocenters. The number of nitrogens with one attached hydrogen (secondary N) is 1. The Morgan fingerprint density at radius 3 is 2.30 bits per heavy atom. The van der Waals surface area contributed by atoms with Crippen LogP contribution in [0.4, 0.5) is 0 Å². The predicted octanol–water partition coefficient (Wildman–Crippen LogP) is -1.69. The molecule has 0 aromatic heterocycles. The highest BCUT2D eigenvalue weighted by Gasteiger charge is 2.52. The molecule has 11 nitrogen and oxygen atoms in total. The summed E-state index contributed by atoms with van der Waals surface area (Å²) in [7, 11) is -9.72. The third kappa shape index (κ3) is 7.84. The van der Waals surface area contributed by atoms with Gasteiger partial charge in [0.05, 0.1) is 19.8 Å². The molecule has 0 saturated carbocycles. The van der Waals surface area contributed by atoms with Crippen molar-refractivity contribution in [2.75, 3.05) is 33.5 Å². The molecule has 0 aliphatic heterocycles. The number of carbonyl (C=O) groups excluding carboxylic acids is 1. The van der Waals surface area contributed by atoms with Gasteiger partial charge >= 0.3 is 7.60 Å². The summed E-state index contributed by atoms with van der Waals surface area (Å²) in [5, 5.41) is 8.34. The number of ether oxygens (including phenoxy) is 2. The van der Waals surface area contributed by atoms with E-state index >= 15 is 0 Å². The molecular formula is C10H22NO10P2-. The molecule has 23 heavy (non-hydrogen) atoms. The summed E-state index contributed by atoms with van der Waals surface area (Å²) < 4.78 is 31.8. The molecule has 0 spiro atoms. The van der Waals surface area contributed by atoms with Gasteiger partial charge < -0.3 is 44.0 Å². The lowest BCUT2D eigenvalue weighted by atomic mass is 10.3. The van der Waals surface area contributed by atoms with Gasteiger partial charge in [-0.15, -0.1) is 0 Å². The first-order valence-corrected chi connectivity index (χ1v) is 9.80. The second kappa shape index (κ2) is 9.83. The normalized spacial score (nSPS) is 17.3. The topological polar surface area (TPSA) is 186 Å². The SMILES string of the molecule is COCCOCCC(=O)NCCCC(O)(P(=O)([O-])O)P(=O)(O)O. The van der Waals surface area contributed by atoms with Gasteiger partial charge in [-0.1, -0.05) is 0 Å². The van der Waals surface area contributed by atoms with Crippen LogP contribution in [0.25, 0.3) is 0 Å². The predicted molar refractivity (Wildman–Crippen MR) is 76.4 cm³/mol. The number of methoxy groups -OCH3 is 1. The molecule has 0 radical (unpaired) electrons. The van der Waals surface area contributed by atoms with Crippen LogP contribution in [-0.2, 0) is 23.4 Å². The van der Waals surface area contributed by atoms with Crippen molar-refractivity contribution in [3.05, 3.63) is 0 Å². The minimum Gasteiger partial charge on any atom is -0.776 e. The summed E-state index contributed by atoms with van der Waals surface area (Å²) in [5.41, 5.74) is 0. The maximum absolute atomic E-state index is 11.4. The molecular weight excluding hydrogens is 356 g/mol. The monoisotopic (exact) mass is 378 g/mol. The van der Waals surface area contributed by atoms with Crippen molar-refractivity contribution in [3.8, 4) is 0 Å². The zero-order chi connectivity index (χ0) is 18.1. The van der Waals surface area contributed by atoms with Gasteiger partial charge in [0, 0.05) is 20.1 Å². The van der Waals surface area contributed by atoms with Gasteiger partial charge in [0.25, 0.3) is 0 Å². The molecule has 0 saturated heterocycles. The third-order valence-electron chi connectivity index (χ3n) is 2.84. The molecule has 1 amide bonds. The first-order valence-electron chi connectivity index (χ1n) is 6.61. The highest BCUT2D eigenvalue weighted by Crippen LogP contribution is 2.67. The Morgan fingerprint density at radius 2 is 1.83 bits per heavy atom. The molecule has 2 atom stereocenters. The van der Waals surface area contributed by atoms with Crippen molar-refractivity contribution in [1.29, 1.82) is 0 Å². The quantitative estimate of drug-likeness (QED) is 0.194. The van der Waals surface area contributed by atoms with E-state index in [2.05, 4.69) is 5.32 Å². The van der Waals surface area contributed by atoms with E-state index in [4.69, 9.17) is 24.2 Å². The van der Waals surface area contributed by atoms with Crippen LogP contribution in [-0.4, -0.2) is 64.3 Å². The molecule has 0 aromatic rings. The fourth-order valence-corrected chi connectivity index (χ4v) is 3.71. The van der Waals surface area contributed by atoms with Gasteiger partial charge in [-0.3, -0.25) is 9.36 Å². The number of carbonyl (C=O) groups is 1. The van der Waals surface area contributed by atoms with Crippen molar-refractivity contribution in [2.45, 2.75) is 24.3 Å². The Balaban J connectivity index is 4.16. The lowest BCUT2D eigenvalue weighted by Gasteiger charge is -2.36. The molecule has 13 heteroatoms. The van der Waals surface area contributed by atoms with Crippen LogP contribution in [0.5, 0.6) is 0 Å². The molecule has 0 aliphatic carbocycles. The second-order valence-corrected chi connectivity index (χ2v) is 8.61. The van der Waals surface area contributed by atoms with Gasteiger partial charge in [-0.2, -0.15) is 0 Å². The summed E-state index contributed by atoms with van der Waals surface area (Å²) in [4.78, 5) is 48.9. The summed E-state index contributed by atoms with van der Waals surface area (Å²) in [6.07, 6.45) is -1.17. The van der Waals surface area contributed by atoms with Crippen LogP contribution in [0.15, 0.2) is 0 Å². The third-order valence-corrected chi connectivity index (χ3v) is 6.66. The van der Waals surface area contributed by atoms with Gasteiger partial charge in [0.1, 0.15) is 0 Å². The average Bonchev–Trinajstić information content (AvgIpc) is 2.40. The summed E-state index contributed by atoms with van der Waals surface area (Å²) in [6.45, 7) is 0.723. The number of hydrogen-bond acceptors (Lipinski definition) is 7.